The number of hydrogen-bond donors (Lipinski definition) is 1. The Morgan fingerprint density at radius 2 is 1.94 bits per heavy atom. The average molecular weight is 431 g/mol. The van der Waals surface area contributed by atoms with Crippen LogP contribution >= 0.6 is 0 Å². The number of hydrogen-bond acceptors (Lipinski definition) is 4. The molecule has 164 valence electrons. The number of carbonyl (C=O) groups excluding carboxylic acids is 2. The Balaban J connectivity index is 1.63. The third-order valence-electron chi connectivity index (χ3n) is 5.90. The van der Waals surface area contributed by atoms with E-state index in [0.717, 1.165) is 16.7 Å². The Labute approximate surface area is 186 Å². The normalized spacial score (nSPS) is 16.7. The molecular formula is C25H26N4O3. The summed E-state index contributed by atoms with van der Waals surface area (Å²) in [7, 11) is 0. The minimum atomic E-state index is -0.359. The fraction of sp³-hybridized carbons (Fsp3) is 0.280. The van der Waals surface area contributed by atoms with Crippen LogP contribution in [0.4, 0.5) is 0 Å². The monoisotopic (exact) mass is 430 g/mol. The lowest BCUT2D eigenvalue weighted by Gasteiger charge is -2.24. The number of aromatic nitrogens is 2. The smallest absolute Gasteiger partial charge is 0.255 e. The van der Waals surface area contributed by atoms with E-state index < -0.39 is 0 Å². The van der Waals surface area contributed by atoms with Gasteiger partial charge in [-0.1, -0.05) is 30.3 Å². The molecule has 0 spiro atoms. The molecule has 1 atom stereocenters. The third-order valence-corrected chi connectivity index (χ3v) is 5.90. The largest absolute Gasteiger partial charge is 0.341 e. The molecule has 1 N–H and O–H groups in total. The van der Waals surface area contributed by atoms with Gasteiger partial charge in [0.25, 0.3) is 5.91 Å². The molecular weight excluding hydrogens is 404 g/mol. The maximum absolute atomic E-state index is 13.3. The van der Waals surface area contributed by atoms with Gasteiger partial charge in [-0.25, -0.2) is 0 Å². The fourth-order valence-electron chi connectivity index (χ4n) is 4.19. The lowest BCUT2D eigenvalue weighted by molar-refractivity contribution is -0.134. The Bertz CT molecular complexity index is 1140. The molecule has 0 bridgehead atoms. The number of pyridine rings is 2. The van der Waals surface area contributed by atoms with Crippen molar-refractivity contribution in [2.24, 2.45) is 5.92 Å². The quantitative estimate of drug-likeness (QED) is 0.674. The van der Waals surface area contributed by atoms with Crippen molar-refractivity contribution >= 4 is 11.8 Å². The molecule has 3 aromatic rings. The molecule has 0 saturated carbocycles. The predicted octanol–water partition coefficient (Wildman–Crippen LogP) is 2.60. The zero-order chi connectivity index (χ0) is 22.5. The second kappa shape index (κ2) is 9.60. The highest BCUT2D eigenvalue weighted by atomic mass is 16.2. The number of benzene rings is 1. The lowest BCUT2D eigenvalue weighted by atomic mass is 9.91. The molecule has 0 radical (unpaired) electrons. The van der Waals surface area contributed by atoms with Crippen molar-refractivity contribution in [2.75, 3.05) is 26.2 Å². The first-order valence-corrected chi connectivity index (χ1v) is 10.8. The van der Waals surface area contributed by atoms with E-state index in [2.05, 4.69) is 9.97 Å². The standard InChI is InChI=1S/C25H26N4O3/c1-2-28-12-13-29(24(31)20-9-10-23(30)27-16-20)17-21(25(28)32)14-18-6-3-4-8-22(18)19-7-5-11-26-15-19/h3-11,15-16,21H,2,12-14,17H2,1H3,(H,27,30)/t21-/m1/s1. The van der Waals surface area contributed by atoms with Gasteiger partial charge in [-0.05, 0) is 36.6 Å². The number of likely N-dealkylation sites (N-methyl/N-ethyl adjacent to an activating group) is 1. The summed E-state index contributed by atoms with van der Waals surface area (Å²) in [5.41, 5.74) is 3.25. The van der Waals surface area contributed by atoms with E-state index in [9.17, 15) is 14.4 Å². The maximum atomic E-state index is 13.3. The topological polar surface area (TPSA) is 86.4 Å². The Kier molecular flexibility index (Phi) is 6.44. The van der Waals surface area contributed by atoms with Crippen molar-refractivity contribution in [2.45, 2.75) is 13.3 Å². The van der Waals surface area contributed by atoms with Gasteiger partial charge >= 0.3 is 0 Å². The van der Waals surface area contributed by atoms with Crippen molar-refractivity contribution in [3.05, 3.63) is 88.6 Å². The van der Waals surface area contributed by atoms with E-state index in [1.54, 1.807) is 11.1 Å². The molecule has 2 aromatic heterocycles. The van der Waals surface area contributed by atoms with Crippen LogP contribution in [0.25, 0.3) is 11.1 Å². The molecule has 1 aliphatic heterocycles. The molecule has 4 rings (SSSR count). The van der Waals surface area contributed by atoms with Crippen LogP contribution in [-0.2, 0) is 11.2 Å². The van der Waals surface area contributed by atoms with Crippen LogP contribution in [0.1, 0.15) is 22.8 Å². The summed E-state index contributed by atoms with van der Waals surface area (Å²) < 4.78 is 0. The summed E-state index contributed by atoms with van der Waals surface area (Å²) in [6, 6.07) is 14.8. The third kappa shape index (κ3) is 4.61. The molecule has 1 fully saturated rings. The van der Waals surface area contributed by atoms with Crippen molar-refractivity contribution in [1.29, 1.82) is 0 Å². The maximum Gasteiger partial charge on any atom is 0.255 e. The van der Waals surface area contributed by atoms with E-state index >= 15 is 0 Å². The lowest BCUT2D eigenvalue weighted by Crippen LogP contribution is -2.38. The molecule has 3 heterocycles. The summed E-state index contributed by atoms with van der Waals surface area (Å²) in [4.78, 5) is 48.1. The summed E-state index contributed by atoms with van der Waals surface area (Å²) in [5, 5.41) is 0. The van der Waals surface area contributed by atoms with E-state index in [-0.39, 0.29) is 23.3 Å². The first-order chi connectivity index (χ1) is 15.6. The van der Waals surface area contributed by atoms with Crippen molar-refractivity contribution in [3.63, 3.8) is 0 Å². The Morgan fingerprint density at radius 3 is 2.66 bits per heavy atom. The van der Waals surface area contributed by atoms with Gasteiger partial charge in [0.2, 0.25) is 11.5 Å². The van der Waals surface area contributed by atoms with Gasteiger partial charge in [0.1, 0.15) is 0 Å². The van der Waals surface area contributed by atoms with Crippen LogP contribution in [-0.4, -0.2) is 57.8 Å². The minimum absolute atomic E-state index is 0.0604. The van der Waals surface area contributed by atoms with Gasteiger partial charge in [-0.2, -0.15) is 0 Å². The summed E-state index contributed by atoms with van der Waals surface area (Å²) in [6.07, 6.45) is 5.51. The number of rotatable bonds is 5. The highest BCUT2D eigenvalue weighted by Gasteiger charge is 2.32. The number of nitrogens with zero attached hydrogens (tertiary/aromatic N) is 3. The summed E-state index contributed by atoms with van der Waals surface area (Å²) in [5.74, 6) is -0.482. The Morgan fingerprint density at radius 1 is 1.09 bits per heavy atom. The first-order valence-electron chi connectivity index (χ1n) is 10.8. The predicted molar refractivity (Wildman–Crippen MR) is 122 cm³/mol. The second-order valence-electron chi connectivity index (χ2n) is 7.91. The Hall–Kier alpha value is -3.74. The van der Waals surface area contributed by atoms with Gasteiger partial charge in [-0.15, -0.1) is 0 Å². The average Bonchev–Trinajstić information content (AvgIpc) is 2.98. The zero-order valence-electron chi connectivity index (χ0n) is 18.0. The van der Waals surface area contributed by atoms with Gasteiger partial charge < -0.3 is 14.8 Å². The fourth-order valence-corrected chi connectivity index (χ4v) is 4.19. The van der Waals surface area contributed by atoms with E-state index in [0.29, 0.717) is 38.2 Å². The molecule has 0 unspecified atom stereocenters. The van der Waals surface area contributed by atoms with Crippen LogP contribution in [0, 0.1) is 5.92 Å². The highest BCUT2D eigenvalue weighted by Crippen LogP contribution is 2.27. The highest BCUT2D eigenvalue weighted by molar-refractivity contribution is 5.94. The van der Waals surface area contributed by atoms with Gasteiger partial charge in [0.15, 0.2) is 0 Å². The molecule has 1 saturated heterocycles. The van der Waals surface area contributed by atoms with E-state index in [1.807, 2.05) is 54.4 Å². The molecule has 1 aliphatic rings. The number of nitrogens with one attached hydrogen (secondary N) is 1. The minimum Gasteiger partial charge on any atom is -0.341 e. The van der Waals surface area contributed by atoms with Crippen molar-refractivity contribution in [3.8, 4) is 11.1 Å². The molecule has 7 nitrogen and oxygen atoms in total. The number of H-pyrrole nitrogens is 1. The summed E-state index contributed by atoms with van der Waals surface area (Å²) >= 11 is 0. The van der Waals surface area contributed by atoms with Gasteiger partial charge in [0, 0.05) is 56.4 Å². The van der Waals surface area contributed by atoms with Gasteiger partial charge in [-0.3, -0.25) is 19.4 Å². The zero-order valence-corrected chi connectivity index (χ0v) is 18.0. The molecule has 2 amide bonds. The van der Waals surface area contributed by atoms with Gasteiger partial charge in [0.05, 0.1) is 11.5 Å². The molecule has 7 heteroatoms. The van der Waals surface area contributed by atoms with Crippen molar-refractivity contribution < 1.29 is 9.59 Å². The van der Waals surface area contributed by atoms with Crippen LogP contribution < -0.4 is 5.56 Å². The molecule has 32 heavy (non-hydrogen) atoms. The van der Waals surface area contributed by atoms with E-state index in [4.69, 9.17) is 0 Å². The van der Waals surface area contributed by atoms with Crippen molar-refractivity contribution in [1.82, 2.24) is 19.8 Å². The number of amides is 2. The first kappa shape index (κ1) is 21.5. The molecule has 1 aromatic carbocycles. The number of carbonyl (C=O) groups is 2. The van der Waals surface area contributed by atoms with Crippen LogP contribution in [0.3, 0.4) is 0 Å². The summed E-state index contributed by atoms with van der Waals surface area (Å²) in [6.45, 7) is 3.83. The van der Waals surface area contributed by atoms with E-state index in [1.165, 1.54) is 18.3 Å². The van der Waals surface area contributed by atoms with Crippen LogP contribution in [0.5, 0.6) is 0 Å². The number of aromatic amines is 1. The SMILES string of the molecule is CCN1CCN(C(=O)c2ccc(=O)[nH]c2)C[C@@H](Cc2ccccc2-c2cccnc2)C1=O. The van der Waals surface area contributed by atoms with Crippen LogP contribution in [0.2, 0.25) is 0 Å². The second-order valence-corrected chi connectivity index (χ2v) is 7.91. The van der Waals surface area contributed by atoms with Crippen LogP contribution in [0.15, 0.2) is 71.9 Å². The molecule has 0 aliphatic carbocycles.